The Labute approximate surface area is 232 Å². The van der Waals surface area contributed by atoms with E-state index in [1.54, 1.807) is 38.5 Å². The van der Waals surface area contributed by atoms with Gasteiger partial charge >= 0.3 is 0 Å². The van der Waals surface area contributed by atoms with E-state index in [1.165, 1.54) is 14.2 Å². The topological polar surface area (TPSA) is 105 Å². The van der Waals surface area contributed by atoms with Crippen molar-refractivity contribution in [2.45, 2.75) is 20.3 Å². The van der Waals surface area contributed by atoms with Crippen LogP contribution >= 0.6 is 0 Å². The Balaban J connectivity index is 1.57. The van der Waals surface area contributed by atoms with Gasteiger partial charge in [0.15, 0.2) is 35.4 Å². The molecule has 0 aliphatic rings. The minimum Gasteiger partial charge on any atom is -0.493 e. The van der Waals surface area contributed by atoms with Gasteiger partial charge in [0.2, 0.25) is 11.2 Å². The Kier molecular flexibility index (Phi) is 8.83. The number of amides is 1. The zero-order valence-electron chi connectivity index (χ0n) is 23.5. The van der Waals surface area contributed by atoms with Crippen molar-refractivity contribution in [2.24, 2.45) is 0 Å². The number of aryl methyl sites for hydroxylation is 2. The molecule has 9 nitrogen and oxygen atoms in total. The molecule has 1 aromatic heterocycles. The standard InChI is InChI=1S/C31H33NO8/c1-18-13-22-25(14-19(18)2)40-30(21-8-10-24(36-4)27(16-21)38-6)31(29(22)34)39-17-28(33)32-12-11-20-7-9-23(35-3)26(15-20)37-5/h7-10,13-16H,11-12,17H2,1-6H3,(H,32,33). The largest absolute Gasteiger partial charge is 0.493 e. The predicted octanol–water partition coefficient (Wildman–Crippen LogP) is 4.85. The third kappa shape index (κ3) is 5.98. The number of methoxy groups -OCH3 is 4. The second kappa shape index (κ2) is 12.5. The fourth-order valence-corrected chi connectivity index (χ4v) is 4.30. The molecule has 9 heteroatoms. The maximum Gasteiger partial charge on any atom is 0.257 e. The van der Waals surface area contributed by atoms with E-state index in [1.807, 2.05) is 38.1 Å². The van der Waals surface area contributed by atoms with E-state index < -0.39 is 0 Å². The zero-order chi connectivity index (χ0) is 28.8. The molecule has 0 spiro atoms. The average molecular weight is 548 g/mol. The molecule has 0 atom stereocenters. The molecular weight excluding hydrogens is 514 g/mol. The summed E-state index contributed by atoms with van der Waals surface area (Å²) < 4.78 is 33.4. The molecule has 0 radical (unpaired) electrons. The average Bonchev–Trinajstić information content (AvgIpc) is 2.97. The van der Waals surface area contributed by atoms with Crippen LogP contribution in [0, 0.1) is 13.8 Å². The number of carbonyl (C=O) groups is 1. The van der Waals surface area contributed by atoms with Crippen molar-refractivity contribution in [1.82, 2.24) is 5.32 Å². The summed E-state index contributed by atoms with van der Waals surface area (Å²) in [7, 11) is 6.21. The monoisotopic (exact) mass is 547 g/mol. The lowest BCUT2D eigenvalue weighted by Gasteiger charge is -2.14. The van der Waals surface area contributed by atoms with Crippen LogP contribution in [0.15, 0.2) is 57.7 Å². The summed E-state index contributed by atoms with van der Waals surface area (Å²) in [4.78, 5) is 26.3. The lowest BCUT2D eigenvalue weighted by molar-refractivity contribution is -0.123. The molecule has 4 aromatic rings. The fourth-order valence-electron chi connectivity index (χ4n) is 4.30. The SMILES string of the molecule is COc1ccc(CCNC(=O)COc2c(-c3ccc(OC)c(OC)c3)oc3cc(C)c(C)cc3c2=O)cc1OC. The number of hydrogen-bond acceptors (Lipinski definition) is 8. The lowest BCUT2D eigenvalue weighted by atomic mass is 10.0. The third-order valence-electron chi connectivity index (χ3n) is 6.64. The number of ether oxygens (including phenoxy) is 5. The molecule has 1 amide bonds. The van der Waals surface area contributed by atoms with E-state index in [9.17, 15) is 9.59 Å². The first kappa shape index (κ1) is 28.4. The second-order valence-electron chi connectivity index (χ2n) is 9.17. The summed E-state index contributed by atoms with van der Waals surface area (Å²) in [5.74, 6) is 1.99. The Hall–Kier alpha value is -4.66. The predicted molar refractivity (Wildman–Crippen MR) is 152 cm³/mol. The Morgan fingerprint density at radius 3 is 2.10 bits per heavy atom. The molecular formula is C31H33NO8. The molecule has 210 valence electrons. The molecule has 0 aliphatic carbocycles. The van der Waals surface area contributed by atoms with E-state index in [0.717, 1.165) is 16.7 Å². The number of hydrogen-bond donors (Lipinski definition) is 1. The summed E-state index contributed by atoms with van der Waals surface area (Å²) in [6.07, 6.45) is 0.569. The van der Waals surface area contributed by atoms with Crippen LogP contribution in [0.2, 0.25) is 0 Å². The molecule has 0 saturated carbocycles. The summed E-state index contributed by atoms with van der Waals surface area (Å²) in [5.41, 5.74) is 3.49. The highest BCUT2D eigenvalue weighted by Crippen LogP contribution is 2.37. The van der Waals surface area contributed by atoms with Crippen LogP contribution in [0.25, 0.3) is 22.3 Å². The summed E-state index contributed by atoms with van der Waals surface area (Å²) >= 11 is 0. The van der Waals surface area contributed by atoms with Gasteiger partial charge in [-0.25, -0.2) is 0 Å². The van der Waals surface area contributed by atoms with Gasteiger partial charge in [-0.05, 0) is 79.4 Å². The maximum absolute atomic E-state index is 13.6. The zero-order valence-corrected chi connectivity index (χ0v) is 23.5. The van der Waals surface area contributed by atoms with Gasteiger partial charge in [0.05, 0.1) is 33.8 Å². The van der Waals surface area contributed by atoms with Gasteiger partial charge in [-0.3, -0.25) is 9.59 Å². The molecule has 1 heterocycles. The number of nitrogens with one attached hydrogen (secondary N) is 1. The van der Waals surface area contributed by atoms with Gasteiger partial charge in [0.25, 0.3) is 5.91 Å². The summed E-state index contributed by atoms with van der Waals surface area (Å²) in [6.45, 7) is 3.86. The highest BCUT2D eigenvalue weighted by molar-refractivity contribution is 5.84. The van der Waals surface area contributed by atoms with E-state index in [4.69, 9.17) is 28.1 Å². The lowest BCUT2D eigenvalue weighted by Crippen LogP contribution is -2.31. The molecule has 4 rings (SSSR count). The highest BCUT2D eigenvalue weighted by Gasteiger charge is 2.21. The van der Waals surface area contributed by atoms with Crippen molar-refractivity contribution >= 4 is 16.9 Å². The van der Waals surface area contributed by atoms with E-state index in [-0.39, 0.29) is 29.5 Å². The van der Waals surface area contributed by atoms with Gasteiger partial charge in [-0.1, -0.05) is 6.07 Å². The van der Waals surface area contributed by atoms with Crippen molar-refractivity contribution in [1.29, 1.82) is 0 Å². The molecule has 40 heavy (non-hydrogen) atoms. The van der Waals surface area contributed by atoms with Crippen LogP contribution in [-0.2, 0) is 11.2 Å². The quantitative estimate of drug-likeness (QED) is 0.284. The molecule has 0 unspecified atom stereocenters. The first-order valence-electron chi connectivity index (χ1n) is 12.7. The van der Waals surface area contributed by atoms with Gasteiger partial charge in [-0.15, -0.1) is 0 Å². The molecule has 0 bridgehead atoms. The molecule has 0 aliphatic heterocycles. The van der Waals surface area contributed by atoms with Gasteiger partial charge in [0.1, 0.15) is 5.58 Å². The van der Waals surface area contributed by atoms with Crippen molar-refractivity contribution in [3.8, 4) is 40.1 Å². The van der Waals surface area contributed by atoms with E-state index in [0.29, 0.717) is 52.5 Å². The van der Waals surface area contributed by atoms with Crippen molar-refractivity contribution in [2.75, 3.05) is 41.6 Å². The smallest absolute Gasteiger partial charge is 0.257 e. The first-order chi connectivity index (χ1) is 19.3. The van der Waals surface area contributed by atoms with Gasteiger partial charge < -0.3 is 33.4 Å². The Morgan fingerprint density at radius 2 is 1.43 bits per heavy atom. The first-order valence-corrected chi connectivity index (χ1v) is 12.7. The number of fused-ring (bicyclic) bond motifs is 1. The van der Waals surface area contributed by atoms with E-state index >= 15 is 0 Å². The van der Waals surface area contributed by atoms with E-state index in [2.05, 4.69) is 5.32 Å². The van der Waals surface area contributed by atoms with Crippen LogP contribution in [0.3, 0.4) is 0 Å². The number of carbonyl (C=O) groups excluding carboxylic acids is 1. The minimum atomic E-state index is -0.377. The van der Waals surface area contributed by atoms with Crippen LogP contribution in [0.5, 0.6) is 28.7 Å². The second-order valence-corrected chi connectivity index (χ2v) is 9.17. The third-order valence-corrected chi connectivity index (χ3v) is 6.64. The van der Waals surface area contributed by atoms with Crippen molar-refractivity contribution in [3.63, 3.8) is 0 Å². The highest BCUT2D eigenvalue weighted by atomic mass is 16.5. The molecule has 0 saturated heterocycles. The van der Waals surface area contributed by atoms with Crippen molar-refractivity contribution in [3.05, 3.63) is 75.4 Å². The normalized spacial score (nSPS) is 10.8. The summed E-state index contributed by atoms with van der Waals surface area (Å²) in [5, 5.41) is 3.20. The van der Waals surface area contributed by atoms with Crippen LogP contribution in [0.1, 0.15) is 16.7 Å². The van der Waals surface area contributed by atoms with Gasteiger partial charge in [-0.2, -0.15) is 0 Å². The molecule has 0 fully saturated rings. The van der Waals surface area contributed by atoms with Gasteiger partial charge in [0, 0.05) is 12.1 Å². The number of rotatable bonds is 11. The van der Waals surface area contributed by atoms with Crippen LogP contribution < -0.4 is 34.4 Å². The Morgan fingerprint density at radius 1 is 0.800 bits per heavy atom. The fraction of sp³-hybridized carbons (Fsp3) is 0.290. The molecule has 3 aromatic carbocycles. The number of benzene rings is 3. The minimum absolute atomic E-state index is 0.0574. The van der Waals surface area contributed by atoms with Crippen LogP contribution in [0.4, 0.5) is 0 Å². The van der Waals surface area contributed by atoms with Crippen molar-refractivity contribution < 1.29 is 32.9 Å². The van der Waals surface area contributed by atoms with Crippen LogP contribution in [-0.4, -0.2) is 47.5 Å². The maximum atomic E-state index is 13.6. The Bertz CT molecular complexity index is 1590. The summed E-state index contributed by atoms with van der Waals surface area (Å²) in [6, 6.07) is 14.3. The molecule has 1 N–H and O–H groups in total.